The largest absolute Gasteiger partial charge is 0.493 e. The van der Waals surface area contributed by atoms with Crippen LogP contribution in [0, 0.1) is 5.92 Å². The van der Waals surface area contributed by atoms with Gasteiger partial charge in [-0.05, 0) is 17.5 Å². The van der Waals surface area contributed by atoms with E-state index in [0.29, 0.717) is 17.9 Å². The minimum atomic E-state index is 0.505. The first kappa shape index (κ1) is 15.0. The van der Waals surface area contributed by atoms with Gasteiger partial charge in [-0.25, -0.2) is 0 Å². The van der Waals surface area contributed by atoms with Crippen molar-refractivity contribution in [2.24, 2.45) is 5.92 Å². The Morgan fingerprint density at radius 3 is 2.33 bits per heavy atom. The lowest BCUT2D eigenvalue weighted by atomic mass is 10.0. The molecule has 1 N–H and O–H groups in total. The van der Waals surface area contributed by atoms with Gasteiger partial charge in [0.15, 0.2) is 0 Å². The lowest BCUT2D eigenvalue weighted by Gasteiger charge is -2.18. The third-order valence-corrected chi connectivity index (χ3v) is 2.94. The topological polar surface area (TPSA) is 21.3 Å². The lowest BCUT2D eigenvalue weighted by Crippen LogP contribution is -2.30. The Kier molecular flexibility index (Phi) is 6.20. The molecule has 0 radical (unpaired) electrons. The first-order valence-electron chi connectivity index (χ1n) is 6.95. The highest BCUT2D eigenvalue weighted by atomic mass is 16.5. The average Bonchev–Trinajstić information content (AvgIpc) is 2.34. The van der Waals surface area contributed by atoms with Crippen molar-refractivity contribution in [1.29, 1.82) is 0 Å². The highest BCUT2D eigenvalue weighted by molar-refractivity contribution is 5.35. The molecule has 2 nitrogen and oxygen atoms in total. The highest BCUT2D eigenvalue weighted by Gasteiger charge is 2.09. The van der Waals surface area contributed by atoms with Crippen LogP contribution in [0.2, 0.25) is 0 Å². The first-order chi connectivity index (χ1) is 8.50. The van der Waals surface area contributed by atoms with Crippen molar-refractivity contribution < 1.29 is 4.74 Å². The number of para-hydroxylation sites is 1. The Morgan fingerprint density at radius 2 is 1.72 bits per heavy atom. The van der Waals surface area contributed by atoms with Gasteiger partial charge in [-0.15, -0.1) is 0 Å². The molecular weight excluding hydrogens is 222 g/mol. The number of ether oxygens (including phenoxy) is 1. The number of nitrogens with one attached hydrogen (secondary N) is 1. The number of rotatable bonds is 7. The Balaban J connectivity index is 2.48. The molecule has 18 heavy (non-hydrogen) atoms. The summed E-state index contributed by atoms with van der Waals surface area (Å²) in [7, 11) is 0. The SMILES string of the molecule is CC(CNC(C)C)COc1ccccc1C(C)C. The van der Waals surface area contributed by atoms with Gasteiger partial charge in [0.25, 0.3) is 0 Å². The summed E-state index contributed by atoms with van der Waals surface area (Å²) in [5.41, 5.74) is 1.29. The van der Waals surface area contributed by atoms with Gasteiger partial charge in [-0.3, -0.25) is 0 Å². The van der Waals surface area contributed by atoms with Crippen molar-refractivity contribution in [3.05, 3.63) is 29.8 Å². The van der Waals surface area contributed by atoms with Crippen LogP contribution in [0.1, 0.15) is 46.1 Å². The van der Waals surface area contributed by atoms with Crippen LogP contribution in [0.5, 0.6) is 5.75 Å². The first-order valence-corrected chi connectivity index (χ1v) is 6.95. The minimum Gasteiger partial charge on any atom is -0.493 e. The van der Waals surface area contributed by atoms with Gasteiger partial charge in [-0.1, -0.05) is 52.8 Å². The van der Waals surface area contributed by atoms with E-state index in [2.05, 4.69) is 58.1 Å². The molecule has 1 unspecified atom stereocenters. The van der Waals surface area contributed by atoms with Crippen LogP contribution < -0.4 is 10.1 Å². The minimum absolute atomic E-state index is 0.505. The maximum atomic E-state index is 5.95. The molecule has 1 aromatic carbocycles. The zero-order valence-electron chi connectivity index (χ0n) is 12.4. The van der Waals surface area contributed by atoms with E-state index in [4.69, 9.17) is 4.74 Å². The van der Waals surface area contributed by atoms with E-state index in [1.807, 2.05) is 6.07 Å². The maximum Gasteiger partial charge on any atom is 0.122 e. The van der Waals surface area contributed by atoms with Gasteiger partial charge in [0.05, 0.1) is 6.61 Å². The van der Waals surface area contributed by atoms with Crippen LogP contribution in [-0.4, -0.2) is 19.2 Å². The van der Waals surface area contributed by atoms with Crippen LogP contribution in [0.25, 0.3) is 0 Å². The van der Waals surface area contributed by atoms with Gasteiger partial charge < -0.3 is 10.1 Å². The Bertz CT molecular complexity index is 347. The molecule has 0 fully saturated rings. The molecule has 0 heterocycles. The van der Waals surface area contributed by atoms with E-state index in [1.54, 1.807) is 0 Å². The quantitative estimate of drug-likeness (QED) is 0.793. The molecule has 1 aromatic rings. The molecule has 2 heteroatoms. The van der Waals surface area contributed by atoms with E-state index in [-0.39, 0.29) is 0 Å². The molecule has 0 saturated carbocycles. The molecule has 0 aromatic heterocycles. The van der Waals surface area contributed by atoms with Crippen LogP contribution in [0.3, 0.4) is 0 Å². The molecule has 1 rings (SSSR count). The fourth-order valence-corrected chi connectivity index (χ4v) is 1.82. The summed E-state index contributed by atoms with van der Waals surface area (Å²) in [6.07, 6.45) is 0. The van der Waals surface area contributed by atoms with Crippen molar-refractivity contribution in [2.45, 2.75) is 46.6 Å². The van der Waals surface area contributed by atoms with Crippen molar-refractivity contribution >= 4 is 0 Å². The fourth-order valence-electron chi connectivity index (χ4n) is 1.82. The molecule has 0 aliphatic carbocycles. The molecule has 102 valence electrons. The van der Waals surface area contributed by atoms with Gasteiger partial charge in [0.2, 0.25) is 0 Å². The lowest BCUT2D eigenvalue weighted by molar-refractivity contribution is 0.250. The summed E-state index contributed by atoms with van der Waals surface area (Å²) in [6.45, 7) is 12.7. The van der Waals surface area contributed by atoms with Crippen molar-refractivity contribution in [2.75, 3.05) is 13.2 Å². The molecule has 0 spiro atoms. The molecule has 0 aliphatic rings. The Labute approximate surface area is 112 Å². The van der Waals surface area contributed by atoms with Gasteiger partial charge >= 0.3 is 0 Å². The van der Waals surface area contributed by atoms with Crippen LogP contribution in [-0.2, 0) is 0 Å². The third kappa shape index (κ3) is 5.09. The van der Waals surface area contributed by atoms with Crippen LogP contribution in [0.15, 0.2) is 24.3 Å². The van der Waals surface area contributed by atoms with Gasteiger partial charge in [0, 0.05) is 18.5 Å². The summed E-state index contributed by atoms with van der Waals surface area (Å²) < 4.78 is 5.95. The van der Waals surface area contributed by atoms with E-state index >= 15 is 0 Å². The Morgan fingerprint density at radius 1 is 1.06 bits per heavy atom. The molecule has 0 saturated heterocycles. The summed E-state index contributed by atoms with van der Waals surface area (Å²) in [5, 5.41) is 3.44. The molecular formula is C16H27NO. The monoisotopic (exact) mass is 249 g/mol. The second-order valence-electron chi connectivity index (χ2n) is 5.67. The fraction of sp³-hybridized carbons (Fsp3) is 0.625. The summed E-state index contributed by atoms with van der Waals surface area (Å²) in [6, 6.07) is 8.87. The zero-order valence-corrected chi connectivity index (χ0v) is 12.4. The smallest absolute Gasteiger partial charge is 0.122 e. The van der Waals surface area contributed by atoms with Crippen LogP contribution >= 0.6 is 0 Å². The van der Waals surface area contributed by atoms with Gasteiger partial charge in [0.1, 0.15) is 5.75 Å². The second-order valence-corrected chi connectivity index (χ2v) is 5.67. The predicted octanol–water partition coefficient (Wildman–Crippen LogP) is 3.82. The predicted molar refractivity (Wildman–Crippen MR) is 78.3 cm³/mol. The number of benzene rings is 1. The molecule has 0 amide bonds. The molecule has 0 bridgehead atoms. The Hall–Kier alpha value is -1.02. The maximum absolute atomic E-state index is 5.95. The standard InChI is InChI=1S/C16H27NO/c1-12(2)15-8-6-7-9-16(15)18-11-14(5)10-17-13(3)4/h6-9,12-14,17H,10-11H2,1-5H3. The van der Waals surface area contributed by atoms with E-state index in [9.17, 15) is 0 Å². The highest BCUT2D eigenvalue weighted by Crippen LogP contribution is 2.26. The average molecular weight is 249 g/mol. The second kappa shape index (κ2) is 7.42. The van der Waals surface area contributed by atoms with Crippen LogP contribution in [0.4, 0.5) is 0 Å². The van der Waals surface area contributed by atoms with E-state index < -0.39 is 0 Å². The van der Waals surface area contributed by atoms with E-state index in [1.165, 1.54) is 5.56 Å². The zero-order chi connectivity index (χ0) is 13.5. The van der Waals surface area contributed by atoms with Gasteiger partial charge in [-0.2, -0.15) is 0 Å². The summed E-state index contributed by atoms with van der Waals surface area (Å²) in [4.78, 5) is 0. The van der Waals surface area contributed by atoms with Crippen molar-refractivity contribution in [3.63, 3.8) is 0 Å². The number of hydrogen-bond donors (Lipinski definition) is 1. The summed E-state index contributed by atoms with van der Waals surface area (Å²) in [5.74, 6) is 2.06. The van der Waals surface area contributed by atoms with Crippen molar-refractivity contribution in [3.8, 4) is 5.75 Å². The van der Waals surface area contributed by atoms with E-state index in [0.717, 1.165) is 18.9 Å². The third-order valence-electron chi connectivity index (χ3n) is 2.94. The summed E-state index contributed by atoms with van der Waals surface area (Å²) >= 11 is 0. The normalized spacial score (nSPS) is 13.1. The van der Waals surface area contributed by atoms with Crippen molar-refractivity contribution in [1.82, 2.24) is 5.32 Å². The molecule has 1 atom stereocenters. The number of hydrogen-bond acceptors (Lipinski definition) is 2. The molecule has 0 aliphatic heterocycles.